The van der Waals surface area contributed by atoms with Gasteiger partial charge in [0.05, 0.1) is 6.04 Å². The van der Waals surface area contributed by atoms with Crippen LogP contribution >= 0.6 is 0 Å². The van der Waals surface area contributed by atoms with Gasteiger partial charge in [0, 0.05) is 24.9 Å². The van der Waals surface area contributed by atoms with Crippen LogP contribution in [0.3, 0.4) is 0 Å². The van der Waals surface area contributed by atoms with E-state index in [1.54, 1.807) is 12.1 Å². The molecule has 4 nitrogen and oxygen atoms in total. The molecule has 2 aromatic carbocycles. The van der Waals surface area contributed by atoms with Crippen molar-refractivity contribution in [2.75, 3.05) is 13.1 Å². The summed E-state index contributed by atoms with van der Waals surface area (Å²) >= 11 is 0. The van der Waals surface area contributed by atoms with E-state index in [2.05, 4.69) is 5.32 Å². The molecule has 0 bridgehead atoms. The largest absolute Gasteiger partial charge is 0.345 e. The maximum atomic E-state index is 13.3. The quantitative estimate of drug-likeness (QED) is 0.852. The molecule has 0 saturated carbocycles. The lowest BCUT2D eigenvalue weighted by Gasteiger charge is -2.33. The number of hydrogen-bond acceptors (Lipinski definition) is 2. The Morgan fingerprint density at radius 3 is 2.11 bits per heavy atom. The fraction of sp³-hybridized carbons (Fsp3) is 0.391. The number of nitrogens with zero attached hydrogens (tertiary/aromatic N) is 1. The zero-order valence-electron chi connectivity index (χ0n) is 16.4. The maximum Gasteiger partial charge on any atom is 0.225 e. The molecule has 0 aliphatic carbocycles. The van der Waals surface area contributed by atoms with Crippen LogP contribution in [0.2, 0.25) is 0 Å². The predicted molar refractivity (Wildman–Crippen MR) is 107 cm³/mol. The predicted octanol–water partition coefficient (Wildman–Crippen LogP) is 3.93. The summed E-state index contributed by atoms with van der Waals surface area (Å²) in [6.45, 7) is 5.02. The highest BCUT2D eigenvalue weighted by atomic mass is 19.1. The molecule has 5 heteroatoms. The molecule has 1 unspecified atom stereocenters. The molecule has 1 atom stereocenters. The highest BCUT2D eigenvalue weighted by molar-refractivity contribution is 5.81. The molecule has 1 fully saturated rings. The van der Waals surface area contributed by atoms with Crippen molar-refractivity contribution >= 4 is 11.8 Å². The van der Waals surface area contributed by atoms with Crippen molar-refractivity contribution in [2.45, 2.75) is 32.7 Å². The maximum absolute atomic E-state index is 13.3. The summed E-state index contributed by atoms with van der Waals surface area (Å²) in [5.41, 5.74) is 1.79. The van der Waals surface area contributed by atoms with Gasteiger partial charge >= 0.3 is 0 Å². The van der Waals surface area contributed by atoms with Crippen LogP contribution in [-0.4, -0.2) is 29.8 Å². The van der Waals surface area contributed by atoms with Crippen LogP contribution in [0.4, 0.5) is 4.39 Å². The minimum atomic E-state index is -0.329. The van der Waals surface area contributed by atoms with Crippen LogP contribution in [-0.2, 0) is 9.59 Å². The SMILES string of the molecule is CC(C)C(=O)N1CCC(C(=O)NC(c2ccccc2)c2ccc(F)cc2)CC1. The monoisotopic (exact) mass is 382 g/mol. The molecule has 0 spiro atoms. The lowest BCUT2D eigenvalue weighted by atomic mass is 9.93. The Kier molecular flexibility index (Phi) is 6.45. The first kappa shape index (κ1) is 20.1. The first-order chi connectivity index (χ1) is 13.5. The second-order valence-electron chi connectivity index (χ2n) is 7.66. The topological polar surface area (TPSA) is 49.4 Å². The lowest BCUT2D eigenvalue weighted by molar-refractivity contribution is -0.138. The van der Waals surface area contributed by atoms with Crippen molar-refractivity contribution in [1.29, 1.82) is 0 Å². The Balaban J connectivity index is 1.70. The van der Waals surface area contributed by atoms with Crippen LogP contribution < -0.4 is 5.32 Å². The third kappa shape index (κ3) is 4.77. The van der Waals surface area contributed by atoms with Crippen molar-refractivity contribution in [3.8, 4) is 0 Å². The molecule has 148 valence electrons. The highest BCUT2D eigenvalue weighted by Gasteiger charge is 2.29. The molecule has 1 aliphatic rings. The zero-order valence-corrected chi connectivity index (χ0v) is 16.4. The molecule has 2 amide bonds. The minimum absolute atomic E-state index is 0.0187. The van der Waals surface area contributed by atoms with Gasteiger partial charge in [-0.15, -0.1) is 0 Å². The second kappa shape index (κ2) is 9.00. The molecular weight excluding hydrogens is 355 g/mol. The number of piperidine rings is 1. The Morgan fingerprint density at radius 1 is 0.964 bits per heavy atom. The van der Waals surface area contributed by atoms with Gasteiger partial charge in [-0.2, -0.15) is 0 Å². The van der Waals surface area contributed by atoms with Gasteiger partial charge in [0.1, 0.15) is 5.82 Å². The van der Waals surface area contributed by atoms with Gasteiger partial charge in [0.25, 0.3) is 0 Å². The van der Waals surface area contributed by atoms with Crippen molar-refractivity contribution in [3.63, 3.8) is 0 Å². The van der Waals surface area contributed by atoms with Crippen LogP contribution in [0.25, 0.3) is 0 Å². The van der Waals surface area contributed by atoms with Gasteiger partial charge in [0.2, 0.25) is 11.8 Å². The fourth-order valence-corrected chi connectivity index (χ4v) is 3.65. The number of hydrogen-bond donors (Lipinski definition) is 1. The fourth-order valence-electron chi connectivity index (χ4n) is 3.65. The number of benzene rings is 2. The minimum Gasteiger partial charge on any atom is -0.345 e. The van der Waals surface area contributed by atoms with Crippen LogP contribution in [0.15, 0.2) is 54.6 Å². The summed E-state index contributed by atoms with van der Waals surface area (Å²) < 4.78 is 13.3. The molecule has 1 heterocycles. The zero-order chi connectivity index (χ0) is 20.1. The Morgan fingerprint density at radius 2 is 1.54 bits per heavy atom. The Labute approximate surface area is 165 Å². The lowest BCUT2D eigenvalue weighted by Crippen LogP contribution is -2.45. The summed E-state index contributed by atoms with van der Waals surface area (Å²) in [5, 5.41) is 3.14. The number of carbonyl (C=O) groups excluding carboxylic acids is 2. The van der Waals surface area contributed by atoms with Crippen molar-refractivity contribution in [2.24, 2.45) is 11.8 Å². The van der Waals surface area contributed by atoms with Crippen LogP contribution in [0.5, 0.6) is 0 Å². The summed E-state index contributed by atoms with van der Waals surface area (Å²) in [6.07, 6.45) is 1.32. The van der Waals surface area contributed by atoms with E-state index < -0.39 is 0 Å². The average Bonchev–Trinajstić information content (AvgIpc) is 2.72. The van der Waals surface area contributed by atoms with Crippen LogP contribution in [0, 0.1) is 17.7 Å². The van der Waals surface area contributed by atoms with E-state index in [0.717, 1.165) is 11.1 Å². The van der Waals surface area contributed by atoms with E-state index in [1.165, 1.54) is 12.1 Å². The van der Waals surface area contributed by atoms with E-state index in [0.29, 0.717) is 25.9 Å². The molecule has 28 heavy (non-hydrogen) atoms. The highest BCUT2D eigenvalue weighted by Crippen LogP contribution is 2.25. The number of amides is 2. The first-order valence-corrected chi connectivity index (χ1v) is 9.85. The molecule has 0 aromatic heterocycles. The van der Waals surface area contributed by atoms with Gasteiger partial charge in [-0.05, 0) is 36.1 Å². The molecule has 1 saturated heterocycles. The second-order valence-corrected chi connectivity index (χ2v) is 7.66. The number of halogens is 1. The normalized spacial score (nSPS) is 16.1. The number of likely N-dealkylation sites (tertiary alicyclic amines) is 1. The number of nitrogens with one attached hydrogen (secondary N) is 1. The van der Waals surface area contributed by atoms with Gasteiger partial charge in [-0.1, -0.05) is 56.3 Å². The number of carbonyl (C=O) groups is 2. The smallest absolute Gasteiger partial charge is 0.225 e. The Bertz CT molecular complexity index is 797. The summed E-state index contributed by atoms with van der Waals surface area (Å²) in [7, 11) is 0. The molecule has 2 aromatic rings. The molecule has 1 N–H and O–H groups in total. The van der Waals surface area contributed by atoms with Gasteiger partial charge in [-0.25, -0.2) is 4.39 Å². The van der Waals surface area contributed by atoms with E-state index in [-0.39, 0.29) is 35.5 Å². The van der Waals surface area contributed by atoms with E-state index >= 15 is 0 Å². The first-order valence-electron chi connectivity index (χ1n) is 9.85. The average molecular weight is 382 g/mol. The Hall–Kier alpha value is -2.69. The van der Waals surface area contributed by atoms with Gasteiger partial charge < -0.3 is 10.2 Å². The number of rotatable bonds is 5. The molecule has 0 radical (unpaired) electrons. The molecule has 3 rings (SSSR count). The van der Waals surface area contributed by atoms with Crippen molar-refractivity contribution in [3.05, 3.63) is 71.5 Å². The summed E-state index contributed by atoms with van der Waals surface area (Å²) in [5.74, 6) is -0.319. The third-order valence-corrected chi connectivity index (χ3v) is 5.29. The molecular formula is C23H27FN2O2. The van der Waals surface area contributed by atoms with E-state index in [1.807, 2.05) is 49.1 Å². The van der Waals surface area contributed by atoms with Crippen molar-refractivity contribution < 1.29 is 14.0 Å². The summed E-state index contributed by atoms with van der Waals surface area (Å²) in [4.78, 5) is 26.9. The standard InChI is InChI=1S/C23H27FN2O2/c1-16(2)23(28)26-14-12-19(13-15-26)22(27)25-21(17-6-4-3-5-7-17)18-8-10-20(24)11-9-18/h3-11,16,19,21H,12-15H2,1-2H3,(H,25,27). The van der Waals surface area contributed by atoms with Crippen LogP contribution in [0.1, 0.15) is 43.9 Å². The van der Waals surface area contributed by atoms with E-state index in [9.17, 15) is 14.0 Å². The van der Waals surface area contributed by atoms with E-state index in [4.69, 9.17) is 0 Å². The summed E-state index contributed by atoms with van der Waals surface area (Å²) in [6, 6.07) is 15.6. The third-order valence-electron chi connectivity index (χ3n) is 5.29. The van der Waals surface area contributed by atoms with Crippen molar-refractivity contribution in [1.82, 2.24) is 10.2 Å². The van der Waals surface area contributed by atoms with Gasteiger partial charge in [0.15, 0.2) is 0 Å². The van der Waals surface area contributed by atoms with Gasteiger partial charge in [-0.3, -0.25) is 9.59 Å². The molecule has 1 aliphatic heterocycles.